The fourth-order valence-electron chi connectivity index (χ4n) is 2.91. The van der Waals surface area contributed by atoms with Crippen molar-refractivity contribution in [2.24, 2.45) is 0 Å². The molecule has 2 N–H and O–H groups in total. The van der Waals surface area contributed by atoms with Gasteiger partial charge in [-0.05, 0) is 24.6 Å². The molecule has 22 heavy (non-hydrogen) atoms. The molecule has 0 aliphatic carbocycles. The molecule has 0 bridgehead atoms. The number of hydrogen-bond acceptors (Lipinski definition) is 3. The number of phenolic OH excluding ortho intramolecular Hbond substituents is 1. The molecule has 1 aromatic carbocycles. The van der Waals surface area contributed by atoms with E-state index in [9.17, 15) is 9.50 Å². The molecule has 0 aromatic heterocycles. The van der Waals surface area contributed by atoms with Crippen molar-refractivity contribution in [1.29, 1.82) is 0 Å². The number of nitrogens with zero attached hydrogens (tertiary/aromatic N) is 1. The molecule has 1 heterocycles. The first-order chi connectivity index (χ1) is 9.72. The molecule has 0 amide bonds. The van der Waals surface area contributed by atoms with Crippen molar-refractivity contribution in [2.45, 2.75) is 38.6 Å². The maximum absolute atomic E-state index is 13.5. The Hall–Kier alpha value is -0.550. The standard InChI is InChI=1S/C16H25FN2O.2ClH/c1-2-3-4-5-15(19-10-8-18-9-11-19)14-12-13(17)6-7-16(14)20;;/h6-7,12,15,18,20H,2-5,8-11H2,1H3;2*1H/t15-;;/m1../s1. The highest BCUT2D eigenvalue weighted by molar-refractivity contribution is 5.85. The lowest BCUT2D eigenvalue weighted by Crippen LogP contribution is -2.45. The molecule has 2 rings (SSSR count). The fraction of sp³-hybridized carbons (Fsp3) is 0.625. The third-order valence-corrected chi connectivity index (χ3v) is 4.02. The van der Waals surface area contributed by atoms with E-state index in [-0.39, 0.29) is 42.4 Å². The third kappa shape index (κ3) is 5.92. The highest BCUT2D eigenvalue weighted by Crippen LogP contribution is 2.33. The second-order valence-corrected chi connectivity index (χ2v) is 5.50. The number of hydrogen-bond donors (Lipinski definition) is 2. The molecule has 0 saturated carbocycles. The maximum Gasteiger partial charge on any atom is 0.123 e. The number of rotatable bonds is 6. The van der Waals surface area contributed by atoms with Gasteiger partial charge in [-0.15, -0.1) is 24.8 Å². The van der Waals surface area contributed by atoms with E-state index < -0.39 is 0 Å². The number of piperazine rings is 1. The zero-order valence-corrected chi connectivity index (χ0v) is 14.7. The summed E-state index contributed by atoms with van der Waals surface area (Å²) in [7, 11) is 0. The Balaban J connectivity index is 0.00000220. The zero-order valence-electron chi connectivity index (χ0n) is 13.1. The number of nitrogens with one attached hydrogen (secondary N) is 1. The van der Waals surface area contributed by atoms with E-state index in [0.29, 0.717) is 0 Å². The Morgan fingerprint density at radius 1 is 1.23 bits per heavy atom. The van der Waals surface area contributed by atoms with Crippen LogP contribution in [0.1, 0.15) is 44.2 Å². The first-order valence-corrected chi connectivity index (χ1v) is 7.65. The Kier molecular flexibility index (Phi) is 10.8. The number of unbranched alkanes of at least 4 members (excludes halogenated alkanes) is 2. The molecule has 0 radical (unpaired) electrons. The summed E-state index contributed by atoms with van der Waals surface area (Å²) in [6, 6.07) is 4.41. The van der Waals surface area contributed by atoms with Crippen LogP contribution in [0, 0.1) is 5.82 Å². The second-order valence-electron chi connectivity index (χ2n) is 5.50. The van der Waals surface area contributed by atoms with Crippen molar-refractivity contribution >= 4 is 24.8 Å². The van der Waals surface area contributed by atoms with E-state index in [1.165, 1.54) is 31.0 Å². The minimum Gasteiger partial charge on any atom is -0.508 e. The van der Waals surface area contributed by atoms with Gasteiger partial charge in [-0.25, -0.2) is 4.39 Å². The zero-order chi connectivity index (χ0) is 14.4. The molecule has 0 unspecified atom stereocenters. The Morgan fingerprint density at radius 2 is 1.91 bits per heavy atom. The molecule has 128 valence electrons. The van der Waals surface area contributed by atoms with Gasteiger partial charge < -0.3 is 10.4 Å². The number of halogens is 3. The molecule has 1 aromatic rings. The minimum atomic E-state index is -0.270. The van der Waals surface area contributed by atoms with Crippen LogP contribution in [0.5, 0.6) is 5.75 Å². The molecular formula is C16H27Cl2FN2O. The predicted octanol–water partition coefficient (Wildman–Crippen LogP) is 3.90. The number of benzene rings is 1. The summed E-state index contributed by atoms with van der Waals surface area (Å²) >= 11 is 0. The van der Waals surface area contributed by atoms with Gasteiger partial charge in [0, 0.05) is 37.8 Å². The van der Waals surface area contributed by atoms with E-state index in [1.54, 1.807) is 0 Å². The number of phenols is 1. The molecule has 1 saturated heterocycles. The van der Waals surface area contributed by atoms with Gasteiger partial charge in [-0.2, -0.15) is 0 Å². The van der Waals surface area contributed by atoms with E-state index in [1.807, 2.05) is 0 Å². The van der Waals surface area contributed by atoms with Crippen molar-refractivity contribution in [3.63, 3.8) is 0 Å². The lowest BCUT2D eigenvalue weighted by Gasteiger charge is -2.35. The number of aromatic hydroxyl groups is 1. The smallest absolute Gasteiger partial charge is 0.123 e. The van der Waals surface area contributed by atoms with Crippen molar-refractivity contribution in [2.75, 3.05) is 26.2 Å². The third-order valence-electron chi connectivity index (χ3n) is 4.02. The quantitative estimate of drug-likeness (QED) is 0.762. The van der Waals surface area contributed by atoms with Gasteiger partial charge in [0.25, 0.3) is 0 Å². The minimum absolute atomic E-state index is 0. The van der Waals surface area contributed by atoms with Gasteiger partial charge in [0.2, 0.25) is 0 Å². The van der Waals surface area contributed by atoms with E-state index in [0.717, 1.165) is 44.6 Å². The molecule has 6 heteroatoms. The van der Waals surface area contributed by atoms with Crippen LogP contribution in [-0.2, 0) is 0 Å². The molecule has 1 aliphatic heterocycles. The lowest BCUT2D eigenvalue weighted by molar-refractivity contribution is 0.160. The molecule has 1 fully saturated rings. The van der Waals surface area contributed by atoms with Crippen LogP contribution >= 0.6 is 24.8 Å². The van der Waals surface area contributed by atoms with Gasteiger partial charge >= 0.3 is 0 Å². The molecular weight excluding hydrogens is 326 g/mol. The monoisotopic (exact) mass is 352 g/mol. The largest absolute Gasteiger partial charge is 0.508 e. The van der Waals surface area contributed by atoms with Crippen LogP contribution in [-0.4, -0.2) is 36.2 Å². The average Bonchev–Trinajstić information content (AvgIpc) is 2.48. The molecule has 3 nitrogen and oxygen atoms in total. The van der Waals surface area contributed by atoms with E-state index in [2.05, 4.69) is 17.1 Å². The molecule has 1 atom stereocenters. The Bertz CT molecular complexity index is 429. The van der Waals surface area contributed by atoms with Crippen molar-refractivity contribution in [1.82, 2.24) is 10.2 Å². The van der Waals surface area contributed by atoms with Gasteiger partial charge in [0.15, 0.2) is 0 Å². The van der Waals surface area contributed by atoms with Gasteiger partial charge in [-0.3, -0.25) is 4.90 Å². The van der Waals surface area contributed by atoms with Gasteiger partial charge in [-0.1, -0.05) is 26.2 Å². The van der Waals surface area contributed by atoms with Crippen LogP contribution in [0.2, 0.25) is 0 Å². The SMILES string of the molecule is CCCCC[C@H](c1cc(F)ccc1O)N1CCNCC1.Cl.Cl. The van der Waals surface area contributed by atoms with Crippen LogP contribution in [0.15, 0.2) is 18.2 Å². The summed E-state index contributed by atoms with van der Waals surface area (Å²) in [5.74, 6) is -0.0557. The maximum atomic E-state index is 13.5. The topological polar surface area (TPSA) is 35.5 Å². The van der Waals surface area contributed by atoms with Crippen molar-refractivity contribution in [3.8, 4) is 5.75 Å². The summed E-state index contributed by atoms with van der Waals surface area (Å²) < 4.78 is 13.5. The summed E-state index contributed by atoms with van der Waals surface area (Å²) in [6.45, 7) is 6.00. The average molecular weight is 353 g/mol. The van der Waals surface area contributed by atoms with Crippen LogP contribution in [0.25, 0.3) is 0 Å². The van der Waals surface area contributed by atoms with Crippen LogP contribution in [0.4, 0.5) is 4.39 Å². The Morgan fingerprint density at radius 3 is 2.55 bits per heavy atom. The second kappa shape index (κ2) is 11.1. The van der Waals surface area contributed by atoms with Gasteiger partial charge in [0.1, 0.15) is 11.6 Å². The summed E-state index contributed by atoms with van der Waals surface area (Å²) in [6.07, 6.45) is 4.44. The van der Waals surface area contributed by atoms with Gasteiger partial charge in [0.05, 0.1) is 0 Å². The summed E-state index contributed by atoms with van der Waals surface area (Å²) in [4.78, 5) is 2.36. The lowest BCUT2D eigenvalue weighted by atomic mass is 9.97. The van der Waals surface area contributed by atoms with E-state index in [4.69, 9.17) is 0 Å². The molecule has 0 spiro atoms. The Labute approximate surface area is 145 Å². The van der Waals surface area contributed by atoms with E-state index >= 15 is 0 Å². The van der Waals surface area contributed by atoms with Crippen LogP contribution in [0.3, 0.4) is 0 Å². The van der Waals surface area contributed by atoms with Crippen molar-refractivity contribution in [3.05, 3.63) is 29.6 Å². The normalized spacial score (nSPS) is 16.5. The van der Waals surface area contributed by atoms with Crippen LogP contribution < -0.4 is 5.32 Å². The predicted molar refractivity (Wildman–Crippen MR) is 93.9 cm³/mol. The first kappa shape index (κ1) is 21.4. The van der Waals surface area contributed by atoms with Crippen molar-refractivity contribution < 1.29 is 9.50 Å². The molecule has 1 aliphatic rings. The highest BCUT2D eigenvalue weighted by Gasteiger charge is 2.24. The fourth-order valence-corrected chi connectivity index (χ4v) is 2.91. The first-order valence-electron chi connectivity index (χ1n) is 7.65. The highest BCUT2D eigenvalue weighted by atomic mass is 35.5. The summed E-state index contributed by atoms with van der Waals surface area (Å²) in [5.41, 5.74) is 0.739. The summed E-state index contributed by atoms with van der Waals surface area (Å²) in [5, 5.41) is 13.4.